The third-order valence-corrected chi connectivity index (χ3v) is 5.99. The zero-order valence-electron chi connectivity index (χ0n) is 18.7. The van der Waals surface area contributed by atoms with Crippen molar-refractivity contribution in [1.29, 1.82) is 0 Å². The van der Waals surface area contributed by atoms with Crippen LogP contribution in [0.15, 0.2) is 48.5 Å². The number of urea groups is 1. The van der Waals surface area contributed by atoms with Crippen molar-refractivity contribution in [2.24, 2.45) is 0 Å². The number of amides is 4. The number of anilines is 2. The first-order valence-corrected chi connectivity index (χ1v) is 11.0. The van der Waals surface area contributed by atoms with Gasteiger partial charge in [0.25, 0.3) is 5.91 Å². The first-order chi connectivity index (χ1) is 15.9. The van der Waals surface area contributed by atoms with Crippen LogP contribution in [0.25, 0.3) is 0 Å². The zero-order valence-corrected chi connectivity index (χ0v) is 18.7. The fourth-order valence-corrected chi connectivity index (χ4v) is 4.23. The van der Waals surface area contributed by atoms with Gasteiger partial charge in [0.05, 0.1) is 24.1 Å². The number of hydrogen-bond donors (Lipinski definition) is 3. The number of rotatable bonds is 4. The molecule has 0 radical (unpaired) electrons. The summed E-state index contributed by atoms with van der Waals surface area (Å²) in [6.07, 6.45) is 1.15. The number of fused-ring (bicyclic) bond motifs is 2. The summed E-state index contributed by atoms with van der Waals surface area (Å²) < 4.78 is 12.1. The Morgan fingerprint density at radius 1 is 1.06 bits per heavy atom. The van der Waals surface area contributed by atoms with Crippen LogP contribution in [0.5, 0.6) is 5.75 Å². The molecule has 4 rings (SSSR count). The fraction of sp³-hybridized carbons (Fsp3) is 0.375. The molecule has 2 aromatic rings. The standard InChI is InChI=1S/C24H28N4O5/c1-25-22(29)13-17-9-10-19-21(33-17)14-32-20-11-8-16(12-18(20)23(30)28(19)2)27-24(31)26-15-6-4-3-5-7-15/h3-8,11-12,17,19,21H,9-10,13-14H2,1-2H3,(H,25,29)(H2,26,27,31)/t17-,19-,21+/m1/s1. The van der Waals surface area contributed by atoms with Crippen molar-refractivity contribution >= 4 is 29.2 Å². The van der Waals surface area contributed by atoms with Crippen molar-refractivity contribution in [3.05, 3.63) is 54.1 Å². The van der Waals surface area contributed by atoms with Crippen molar-refractivity contribution < 1.29 is 23.9 Å². The molecule has 0 aliphatic carbocycles. The van der Waals surface area contributed by atoms with Gasteiger partial charge in [-0.1, -0.05) is 18.2 Å². The number of nitrogens with one attached hydrogen (secondary N) is 3. The van der Waals surface area contributed by atoms with Crippen molar-refractivity contribution in [2.75, 3.05) is 31.3 Å². The molecule has 2 aromatic carbocycles. The second kappa shape index (κ2) is 9.91. The van der Waals surface area contributed by atoms with Crippen LogP contribution in [0, 0.1) is 0 Å². The molecule has 3 atom stereocenters. The molecule has 0 aromatic heterocycles. The van der Waals surface area contributed by atoms with Gasteiger partial charge in [-0.3, -0.25) is 9.59 Å². The van der Waals surface area contributed by atoms with Gasteiger partial charge in [0.15, 0.2) is 0 Å². The number of hydrogen-bond acceptors (Lipinski definition) is 5. The molecule has 0 saturated carbocycles. The van der Waals surface area contributed by atoms with Gasteiger partial charge in [0, 0.05) is 25.5 Å². The van der Waals surface area contributed by atoms with E-state index >= 15 is 0 Å². The average molecular weight is 453 g/mol. The van der Waals surface area contributed by atoms with E-state index in [1.165, 1.54) is 0 Å². The molecular weight excluding hydrogens is 424 g/mol. The van der Waals surface area contributed by atoms with Crippen LogP contribution in [-0.4, -0.2) is 61.7 Å². The average Bonchev–Trinajstić information content (AvgIpc) is 2.82. The summed E-state index contributed by atoms with van der Waals surface area (Å²) in [4.78, 5) is 39.0. The molecule has 4 amide bonds. The Balaban J connectivity index is 1.47. The van der Waals surface area contributed by atoms with Crippen LogP contribution < -0.4 is 20.7 Å². The minimum atomic E-state index is -0.406. The van der Waals surface area contributed by atoms with Crippen molar-refractivity contribution in [3.8, 4) is 5.75 Å². The maximum atomic E-state index is 13.3. The molecular formula is C24H28N4O5. The highest BCUT2D eigenvalue weighted by Crippen LogP contribution is 2.32. The van der Waals surface area contributed by atoms with E-state index in [1.807, 2.05) is 18.2 Å². The van der Waals surface area contributed by atoms with E-state index in [0.717, 1.165) is 0 Å². The van der Waals surface area contributed by atoms with Crippen LogP contribution in [0.3, 0.4) is 0 Å². The van der Waals surface area contributed by atoms with Crippen molar-refractivity contribution in [3.63, 3.8) is 0 Å². The minimum absolute atomic E-state index is 0.0729. The third-order valence-electron chi connectivity index (χ3n) is 5.99. The molecule has 0 spiro atoms. The Morgan fingerprint density at radius 3 is 2.58 bits per heavy atom. The lowest BCUT2D eigenvalue weighted by Gasteiger charge is -2.42. The molecule has 0 unspecified atom stereocenters. The number of nitrogens with zero attached hydrogens (tertiary/aromatic N) is 1. The summed E-state index contributed by atoms with van der Waals surface area (Å²) in [5.41, 5.74) is 1.52. The molecule has 1 saturated heterocycles. The van der Waals surface area contributed by atoms with Gasteiger partial charge in [-0.2, -0.15) is 0 Å². The smallest absolute Gasteiger partial charge is 0.323 e. The summed E-state index contributed by atoms with van der Waals surface area (Å²) in [5.74, 6) is 0.146. The SMILES string of the molecule is CNC(=O)C[C@H]1CC[C@@H]2[C@H](COc3ccc(NC(=O)Nc4ccccc4)cc3C(=O)N2C)O1. The lowest BCUT2D eigenvalue weighted by Crippen LogP contribution is -2.53. The van der Waals surface area contributed by atoms with Gasteiger partial charge < -0.3 is 30.3 Å². The lowest BCUT2D eigenvalue weighted by atomic mass is 9.94. The maximum Gasteiger partial charge on any atom is 0.323 e. The van der Waals surface area contributed by atoms with Crippen molar-refractivity contribution in [1.82, 2.24) is 10.2 Å². The topological polar surface area (TPSA) is 109 Å². The lowest BCUT2D eigenvalue weighted by molar-refractivity contribution is -0.133. The number of benzene rings is 2. The minimum Gasteiger partial charge on any atom is -0.490 e. The highest BCUT2D eigenvalue weighted by molar-refractivity contribution is 6.02. The Kier molecular flexibility index (Phi) is 6.79. The van der Waals surface area contributed by atoms with Crippen LogP contribution in [0.1, 0.15) is 29.6 Å². The molecule has 33 heavy (non-hydrogen) atoms. The van der Waals surface area contributed by atoms with E-state index in [2.05, 4.69) is 16.0 Å². The van der Waals surface area contributed by atoms with Crippen LogP contribution >= 0.6 is 0 Å². The van der Waals surface area contributed by atoms with E-state index < -0.39 is 6.03 Å². The molecule has 9 heteroatoms. The van der Waals surface area contributed by atoms with E-state index in [1.54, 1.807) is 49.3 Å². The van der Waals surface area contributed by atoms with Gasteiger partial charge in [0.1, 0.15) is 18.5 Å². The van der Waals surface area contributed by atoms with Crippen molar-refractivity contribution in [2.45, 2.75) is 37.5 Å². The molecule has 174 valence electrons. The number of carbonyl (C=O) groups is 3. The summed E-state index contributed by atoms with van der Waals surface area (Å²) in [7, 11) is 3.35. The van der Waals surface area contributed by atoms with E-state index in [-0.39, 0.29) is 43.1 Å². The maximum absolute atomic E-state index is 13.3. The number of para-hydroxylation sites is 1. The van der Waals surface area contributed by atoms with Crippen LogP contribution in [-0.2, 0) is 9.53 Å². The Hall–Kier alpha value is -3.59. The molecule has 2 heterocycles. The fourth-order valence-electron chi connectivity index (χ4n) is 4.23. The summed E-state index contributed by atoms with van der Waals surface area (Å²) in [6.45, 7) is 0.265. The second-order valence-corrected chi connectivity index (χ2v) is 8.20. The first kappa shape index (κ1) is 22.6. The number of carbonyl (C=O) groups excluding carboxylic acids is 3. The Labute approximate surface area is 192 Å². The highest BCUT2D eigenvalue weighted by Gasteiger charge is 2.39. The Morgan fingerprint density at radius 2 is 1.82 bits per heavy atom. The van der Waals surface area contributed by atoms with Crippen LogP contribution in [0.4, 0.5) is 16.2 Å². The molecule has 2 aliphatic heterocycles. The van der Waals surface area contributed by atoms with Gasteiger partial charge in [0.2, 0.25) is 5.91 Å². The first-order valence-electron chi connectivity index (χ1n) is 11.0. The second-order valence-electron chi connectivity index (χ2n) is 8.20. The third kappa shape index (κ3) is 5.25. The van der Waals surface area contributed by atoms with Gasteiger partial charge in [-0.05, 0) is 43.2 Å². The van der Waals surface area contributed by atoms with Crippen LogP contribution in [0.2, 0.25) is 0 Å². The number of likely N-dealkylation sites (N-methyl/N-ethyl adjacent to an activating group) is 1. The molecule has 9 nitrogen and oxygen atoms in total. The van der Waals surface area contributed by atoms with Gasteiger partial charge in [-0.15, -0.1) is 0 Å². The van der Waals surface area contributed by atoms with Gasteiger partial charge >= 0.3 is 6.03 Å². The normalized spacial score (nSPS) is 22.1. The van der Waals surface area contributed by atoms with E-state index in [0.29, 0.717) is 35.5 Å². The Bertz CT molecular complexity index is 1030. The van der Waals surface area contributed by atoms with E-state index in [9.17, 15) is 14.4 Å². The molecule has 2 aliphatic rings. The molecule has 1 fully saturated rings. The van der Waals surface area contributed by atoms with Gasteiger partial charge in [-0.25, -0.2) is 4.79 Å². The van der Waals surface area contributed by atoms with E-state index in [4.69, 9.17) is 9.47 Å². The number of ether oxygens (including phenoxy) is 2. The largest absolute Gasteiger partial charge is 0.490 e. The quantitative estimate of drug-likeness (QED) is 0.661. The summed E-state index contributed by atoms with van der Waals surface area (Å²) >= 11 is 0. The predicted octanol–water partition coefficient (Wildman–Crippen LogP) is 2.85. The molecule has 3 N–H and O–H groups in total. The summed E-state index contributed by atoms with van der Waals surface area (Å²) in [5, 5.41) is 8.13. The zero-order chi connectivity index (χ0) is 23.4. The predicted molar refractivity (Wildman–Crippen MR) is 123 cm³/mol. The molecule has 0 bridgehead atoms. The highest BCUT2D eigenvalue weighted by atomic mass is 16.5. The monoisotopic (exact) mass is 452 g/mol. The summed E-state index contributed by atoms with van der Waals surface area (Å²) in [6, 6.07) is 13.5.